The van der Waals surface area contributed by atoms with Gasteiger partial charge in [0.05, 0.1) is 19.2 Å². The van der Waals surface area contributed by atoms with Crippen molar-refractivity contribution in [3.63, 3.8) is 0 Å². The van der Waals surface area contributed by atoms with Crippen LogP contribution in [-0.2, 0) is 15.9 Å². The van der Waals surface area contributed by atoms with Crippen molar-refractivity contribution in [2.24, 2.45) is 0 Å². The van der Waals surface area contributed by atoms with E-state index in [4.69, 9.17) is 14.2 Å². The molecule has 0 saturated heterocycles. The molecule has 0 saturated carbocycles. The second kappa shape index (κ2) is 9.87. The molecule has 0 unspecified atom stereocenters. The number of alkyl carbamates (subject to hydrolysis) is 1. The summed E-state index contributed by atoms with van der Waals surface area (Å²) in [6.07, 6.45) is 3.07. The maximum atomic E-state index is 14.7. The lowest BCUT2D eigenvalue weighted by molar-refractivity contribution is 0.0447. The largest absolute Gasteiger partial charge is 0.485 e. The minimum Gasteiger partial charge on any atom is -0.485 e. The standard InChI is InChI=1S/C26H32FN5O5/c1-7-35-23(33)19-21(31-32-10-8-9-28-22(19)32)30-15(2)18-12-17(27)11-16-13-26(6,36-20(16)18)14-29-24(34)37-25(3,4)5/h8-12,15H,7,13-14H2,1-6H3,(H,29,34)(H,30,31)/t15-,26-/m1/s1. The molecular weight excluding hydrogens is 481 g/mol. The highest BCUT2D eigenvalue weighted by atomic mass is 19.1. The zero-order valence-electron chi connectivity index (χ0n) is 21.8. The zero-order chi connectivity index (χ0) is 27.0. The van der Waals surface area contributed by atoms with Crippen molar-refractivity contribution in [1.82, 2.24) is 19.9 Å². The Bertz CT molecular complexity index is 1330. The topological polar surface area (TPSA) is 116 Å². The molecule has 0 spiro atoms. The molecule has 11 heteroatoms. The second-order valence-electron chi connectivity index (χ2n) is 10.3. The molecule has 1 aliphatic rings. The van der Waals surface area contributed by atoms with Gasteiger partial charge in [0.1, 0.15) is 28.3 Å². The summed E-state index contributed by atoms with van der Waals surface area (Å²) in [5.41, 5.74) is 0.338. The number of halogens is 1. The van der Waals surface area contributed by atoms with Gasteiger partial charge in [-0.3, -0.25) is 0 Å². The predicted octanol–water partition coefficient (Wildman–Crippen LogP) is 4.44. The molecule has 4 rings (SSSR count). The van der Waals surface area contributed by atoms with Gasteiger partial charge in [0.2, 0.25) is 0 Å². The van der Waals surface area contributed by atoms with Crippen LogP contribution in [0, 0.1) is 5.82 Å². The first-order valence-electron chi connectivity index (χ1n) is 12.1. The van der Waals surface area contributed by atoms with Gasteiger partial charge in [0.15, 0.2) is 11.5 Å². The summed E-state index contributed by atoms with van der Waals surface area (Å²) in [6.45, 7) is 11.1. The van der Waals surface area contributed by atoms with E-state index in [9.17, 15) is 14.0 Å². The number of benzene rings is 1. The van der Waals surface area contributed by atoms with E-state index in [1.807, 2.05) is 13.8 Å². The second-order valence-corrected chi connectivity index (χ2v) is 10.3. The molecule has 3 heterocycles. The van der Waals surface area contributed by atoms with Crippen molar-refractivity contribution in [3.8, 4) is 5.75 Å². The Hall–Kier alpha value is -3.89. The van der Waals surface area contributed by atoms with E-state index in [0.29, 0.717) is 28.9 Å². The number of esters is 1. The summed E-state index contributed by atoms with van der Waals surface area (Å²) < 4.78 is 33.0. The van der Waals surface area contributed by atoms with Crippen LogP contribution in [-0.4, -0.2) is 51.0 Å². The Labute approximate surface area is 214 Å². The molecule has 2 aromatic heterocycles. The van der Waals surface area contributed by atoms with Gasteiger partial charge in [-0.15, -0.1) is 5.10 Å². The van der Waals surface area contributed by atoms with Crippen LogP contribution in [0.1, 0.15) is 69.1 Å². The Balaban J connectivity index is 1.58. The summed E-state index contributed by atoms with van der Waals surface area (Å²) >= 11 is 0. The summed E-state index contributed by atoms with van der Waals surface area (Å²) in [5.74, 6) is -0.200. The molecule has 1 amide bonds. The first kappa shape index (κ1) is 26.2. The highest BCUT2D eigenvalue weighted by Crippen LogP contribution is 2.41. The van der Waals surface area contributed by atoms with Gasteiger partial charge < -0.3 is 24.8 Å². The number of nitrogens with one attached hydrogen (secondary N) is 2. The normalized spacial score (nSPS) is 17.6. The SMILES string of the molecule is CCOC(=O)c1c(N[C@H](C)c2cc(F)cc3c2O[C@@](C)(CNC(=O)OC(C)(C)C)C3)nn2cccnc12. The third-order valence-electron chi connectivity index (χ3n) is 5.77. The average molecular weight is 514 g/mol. The summed E-state index contributed by atoms with van der Waals surface area (Å²) in [6, 6.07) is 4.02. The zero-order valence-corrected chi connectivity index (χ0v) is 21.8. The van der Waals surface area contributed by atoms with Gasteiger partial charge in [-0.05, 0) is 59.7 Å². The van der Waals surface area contributed by atoms with E-state index >= 15 is 0 Å². The van der Waals surface area contributed by atoms with Crippen LogP contribution in [0.3, 0.4) is 0 Å². The molecule has 0 radical (unpaired) electrons. The summed E-state index contributed by atoms with van der Waals surface area (Å²) in [4.78, 5) is 29.1. The fourth-order valence-corrected chi connectivity index (χ4v) is 4.27. The van der Waals surface area contributed by atoms with E-state index in [2.05, 4.69) is 20.7 Å². The fraction of sp³-hybridized carbons (Fsp3) is 0.462. The Morgan fingerprint density at radius 2 is 2.08 bits per heavy atom. The van der Waals surface area contributed by atoms with Crippen LogP contribution < -0.4 is 15.4 Å². The Morgan fingerprint density at radius 1 is 1.32 bits per heavy atom. The number of carbonyl (C=O) groups excluding carboxylic acids is 2. The quantitative estimate of drug-likeness (QED) is 0.446. The number of ether oxygens (including phenoxy) is 3. The van der Waals surface area contributed by atoms with Crippen LogP contribution >= 0.6 is 0 Å². The minimum atomic E-state index is -0.801. The van der Waals surface area contributed by atoms with Gasteiger partial charge in [0.25, 0.3) is 0 Å². The highest BCUT2D eigenvalue weighted by molar-refractivity contribution is 6.01. The molecule has 1 aliphatic heterocycles. The van der Waals surface area contributed by atoms with Crippen LogP contribution in [0.5, 0.6) is 5.75 Å². The lowest BCUT2D eigenvalue weighted by Gasteiger charge is -2.27. The Kier molecular flexibility index (Phi) is 6.98. The number of fused-ring (bicyclic) bond motifs is 2. The highest BCUT2D eigenvalue weighted by Gasteiger charge is 2.38. The number of anilines is 1. The molecule has 0 bridgehead atoms. The number of nitrogens with zero attached hydrogens (tertiary/aromatic N) is 3. The van der Waals surface area contributed by atoms with Crippen molar-refractivity contribution in [2.45, 2.75) is 65.2 Å². The molecule has 2 atom stereocenters. The minimum absolute atomic E-state index is 0.171. The van der Waals surface area contributed by atoms with Gasteiger partial charge in [-0.1, -0.05) is 0 Å². The molecule has 2 N–H and O–H groups in total. The molecule has 3 aromatic rings. The number of hydrogen-bond donors (Lipinski definition) is 2. The third-order valence-corrected chi connectivity index (χ3v) is 5.77. The maximum absolute atomic E-state index is 14.7. The van der Waals surface area contributed by atoms with Gasteiger partial charge in [0, 0.05) is 29.9 Å². The van der Waals surface area contributed by atoms with Crippen LogP contribution in [0.25, 0.3) is 5.65 Å². The molecule has 198 valence electrons. The monoisotopic (exact) mass is 513 g/mol. The number of hydrogen-bond acceptors (Lipinski definition) is 8. The smallest absolute Gasteiger partial charge is 0.407 e. The lowest BCUT2D eigenvalue weighted by Crippen LogP contribution is -2.45. The van der Waals surface area contributed by atoms with Crippen molar-refractivity contribution < 1.29 is 28.2 Å². The van der Waals surface area contributed by atoms with Gasteiger partial charge >= 0.3 is 12.1 Å². The molecule has 0 fully saturated rings. The van der Waals surface area contributed by atoms with Crippen molar-refractivity contribution in [3.05, 3.63) is 53.1 Å². The molecule has 37 heavy (non-hydrogen) atoms. The molecule has 1 aromatic carbocycles. The third kappa shape index (κ3) is 5.76. The maximum Gasteiger partial charge on any atom is 0.407 e. The van der Waals surface area contributed by atoms with E-state index in [1.165, 1.54) is 16.6 Å². The summed E-state index contributed by atoms with van der Waals surface area (Å²) in [5, 5.41) is 10.4. The van der Waals surface area contributed by atoms with Gasteiger partial charge in [-0.25, -0.2) is 23.5 Å². The first-order valence-corrected chi connectivity index (χ1v) is 12.1. The fourth-order valence-electron chi connectivity index (χ4n) is 4.27. The average Bonchev–Trinajstić information content (AvgIpc) is 3.33. The Morgan fingerprint density at radius 3 is 2.78 bits per heavy atom. The number of rotatable bonds is 7. The van der Waals surface area contributed by atoms with Crippen molar-refractivity contribution in [1.29, 1.82) is 0 Å². The first-order chi connectivity index (χ1) is 17.4. The van der Waals surface area contributed by atoms with E-state index in [1.54, 1.807) is 46.2 Å². The number of amides is 1. The van der Waals surface area contributed by atoms with E-state index in [-0.39, 0.29) is 24.5 Å². The van der Waals surface area contributed by atoms with Crippen molar-refractivity contribution >= 4 is 23.5 Å². The molecular formula is C26H32FN5O5. The summed E-state index contributed by atoms with van der Waals surface area (Å²) in [7, 11) is 0. The lowest BCUT2D eigenvalue weighted by atomic mass is 9.97. The van der Waals surface area contributed by atoms with Crippen LogP contribution in [0.2, 0.25) is 0 Å². The van der Waals surface area contributed by atoms with Gasteiger partial charge in [-0.2, -0.15) is 0 Å². The van der Waals surface area contributed by atoms with Crippen LogP contribution in [0.4, 0.5) is 15.0 Å². The number of carbonyl (C=O) groups is 2. The predicted molar refractivity (Wildman–Crippen MR) is 134 cm³/mol. The van der Waals surface area contributed by atoms with E-state index < -0.39 is 35.1 Å². The van der Waals surface area contributed by atoms with Crippen LogP contribution in [0.15, 0.2) is 30.6 Å². The van der Waals surface area contributed by atoms with E-state index in [0.717, 1.165) is 0 Å². The molecule has 10 nitrogen and oxygen atoms in total. The van der Waals surface area contributed by atoms with Crippen molar-refractivity contribution in [2.75, 3.05) is 18.5 Å². The molecule has 0 aliphatic carbocycles. The number of aromatic nitrogens is 3.